The summed E-state index contributed by atoms with van der Waals surface area (Å²) < 4.78 is 67.3. The van der Waals surface area contributed by atoms with Crippen LogP contribution < -0.4 is 9.21 Å². The van der Waals surface area contributed by atoms with E-state index < -0.39 is 20.0 Å². The van der Waals surface area contributed by atoms with Gasteiger partial charge in [-0.2, -0.15) is 4.31 Å². The lowest BCUT2D eigenvalue weighted by Gasteiger charge is -2.35. The van der Waals surface area contributed by atoms with E-state index in [4.69, 9.17) is 0 Å². The summed E-state index contributed by atoms with van der Waals surface area (Å²) in [5.41, 5.74) is 0.958. The Kier molecular flexibility index (Phi) is 5.73. The van der Waals surface area contributed by atoms with Gasteiger partial charge in [-0.25, -0.2) is 21.2 Å². The molecule has 0 aromatic heterocycles. The summed E-state index contributed by atoms with van der Waals surface area (Å²) in [5, 5.41) is 0. The van der Waals surface area contributed by atoms with Gasteiger partial charge in [0.15, 0.2) is 0 Å². The molecular weight excluding hydrogens is 429 g/mol. The maximum Gasteiger partial charge on any atom is 0.243 e. The Labute approximate surface area is 176 Å². The molecule has 10 heteroatoms. The number of hydrogen-bond acceptors (Lipinski definition) is 5. The van der Waals surface area contributed by atoms with Crippen molar-refractivity contribution in [2.24, 2.45) is 0 Å². The molecule has 0 amide bonds. The molecule has 4 rings (SSSR count). The molecule has 0 unspecified atom stereocenters. The van der Waals surface area contributed by atoms with Crippen molar-refractivity contribution in [1.82, 2.24) is 4.31 Å². The Hall–Kier alpha value is -2.17. The lowest BCUT2D eigenvalue weighted by molar-refractivity contribution is 0.383. The van der Waals surface area contributed by atoms with E-state index in [2.05, 4.69) is 0 Å². The fraction of sp³-hybridized carbons (Fsp3) is 0.400. The monoisotopic (exact) mass is 453 g/mol. The number of nitrogens with zero attached hydrogens (tertiary/aromatic N) is 3. The third kappa shape index (κ3) is 4.03. The van der Waals surface area contributed by atoms with Crippen LogP contribution in [0.1, 0.15) is 12.8 Å². The van der Waals surface area contributed by atoms with Crippen LogP contribution in [-0.4, -0.2) is 59.6 Å². The van der Waals surface area contributed by atoms with E-state index in [9.17, 15) is 21.2 Å². The number of benzene rings is 2. The van der Waals surface area contributed by atoms with Gasteiger partial charge < -0.3 is 4.90 Å². The van der Waals surface area contributed by atoms with Gasteiger partial charge in [-0.15, -0.1) is 0 Å². The average Bonchev–Trinajstić information content (AvgIpc) is 2.74. The van der Waals surface area contributed by atoms with E-state index in [0.29, 0.717) is 37.4 Å². The molecule has 0 atom stereocenters. The number of piperazine rings is 1. The van der Waals surface area contributed by atoms with Crippen molar-refractivity contribution < 1.29 is 21.2 Å². The van der Waals surface area contributed by atoms with Gasteiger partial charge in [0.1, 0.15) is 5.82 Å². The zero-order valence-electron chi connectivity index (χ0n) is 16.4. The van der Waals surface area contributed by atoms with Crippen molar-refractivity contribution in [3.63, 3.8) is 0 Å². The second kappa shape index (κ2) is 8.16. The van der Waals surface area contributed by atoms with E-state index in [-0.39, 0.29) is 29.6 Å². The third-order valence-corrected chi connectivity index (χ3v) is 9.33. The zero-order chi connectivity index (χ0) is 21.4. The van der Waals surface area contributed by atoms with Crippen LogP contribution in [0.3, 0.4) is 0 Å². The van der Waals surface area contributed by atoms with Crippen LogP contribution in [0.15, 0.2) is 53.4 Å². The second-order valence-corrected chi connectivity index (χ2v) is 11.4. The summed E-state index contributed by atoms with van der Waals surface area (Å²) in [6, 6.07) is 12.5. The lowest BCUT2D eigenvalue weighted by atomic mass is 10.2. The van der Waals surface area contributed by atoms with Gasteiger partial charge in [0.25, 0.3) is 0 Å². The molecule has 30 heavy (non-hydrogen) atoms. The first-order valence-corrected chi connectivity index (χ1v) is 12.9. The van der Waals surface area contributed by atoms with E-state index in [0.717, 1.165) is 6.42 Å². The molecule has 2 aromatic rings. The van der Waals surface area contributed by atoms with Crippen LogP contribution in [0.5, 0.6) is 0 Å². The van der Waals surface area contributed by atoms with E-state index in [1.807, 2.05) is 4.90 Å². The summed E-state index contributed by atoms with van der Waals surface area (Å²) >= 11 is 0. The van der Waals surface area contributed by atoms with Gasteiger partial charge in [0, 0.05) is 32.7 Å². The minimum atomic E-state index is -3.71. The highest BCUT2D eigenvalue weighted by molar-refractivity contribution is 7.92. The minimum absolute atomic E-state index is 0.110. The smallest absolute Gasteiger partial charge is 0.243 e. The zero-order valence-corrected chi connectivity index (χ0v) is 18.1. The van der Waals surface area contributed by atoms with E-state index >= 15 is 0 Å². The number of sulfonamides is 2. The Morgan fingerprint density at radius 3 is 2.13 bits per heavy atom. The highest BCUT2D eigenvalue weighted by Gasteiger charge is 2.30. The van der Waals surface area contributed by atoms with Crippen molar-refractivity contribution in [1.29, 1.82) is 0 Å². The maximum atomic E-state index is 14.0. The first-order valence-electron chi connectivity index (χ1n) is 9.89. The standard InChI is InChI=1S/C20H24FN3O4S2/c21-19-5-1-2-6-20(19)22-12-14-23(15-13-22)30(27,28)18-9-7-17(8-10-18)24-11-3-4-16-29(24,25)26/h1-2,5-10H,3-4,11-16H2. The molecule has 162 valence electrons. The van der Waals surface area contributed by atoms with Gasteiger partial charge in [-0.1, -0.05) is 12.1 Å². The van der Waals surface area contributed by atoms with E-state index in [1.54, 1.807) is 30.3 Å². The van der Waals surface area contributed by atoms with Crippen molar-refractivity contribution in [2.75, 3.05) is 47.7 Å². The molecule has 2 aliphatic rings. The molecule has 2 fully saturated rings. The Balaban J connectivity index is 1.47. The predicted molar refractivity (Wildman–Crippen MR) is 114 cm³/mol. The molecule has 2 aromatic carbocycles. The highest BCUT2D eigenvalue weighted by Crippen LogP contribution is 2.27. The van der Waals surface area contributed by atoms with Crippen LogP contribution >= 0.6 is 0 Å². The molecule has 7 nitrogen and oxygen atoms in total. The van der Waals surface area contributed by atoms with Gasteiger partial charge in [0.05, 0.1) is 22.0 Å². The van der Waals surface area contributed by atoms with E-state index in [1.165, 1.54) is 26.8 Å². The van der Waals surface area contributed by atoms with Gasteiger partial charge in [-0.05, 0) is 49.2 Å². The molecule has 0 radical (unpaired) electrons. The van der Waals surface area contributed by atoms with Gasteiger partial charge in [-0.3, -0.25) is 4.31 Å². The van der Waals surface area contributed by atoms with Crippen molar-refractivity contribution in [2.45, 2.75) is 17.7 Å². The largest absolute Gasteiger partial charge is 0.367 e. The molecule has 0 saturated carbocycles. The summed E-state index contributed by atoms with van der Waals surface area (Å²) in [7, 11) is -7.05. The average molecular weight is 454 g/mol. The van der Waals surface area contributed by atoms with Crippen LogP contribution in [0.2, 0.25) is 0 Å². The quantitative estimate of drug-likeness (QED) is 0.710. The number of rotatable bonds is 4. The van der Waals surface area contributed by atoms with Crippen molar-refractivity contribution in [3.8, 4) is 0 Å². The highest BCUT2D eigenvalue weighted by atomic mass is 32.2. The number of anilines is 2. The first kappa shape index (κ1) is 21.1. The maximum absolute atomic E-state index is 14.0. The second-order valence-electron chi connectivity index (χ2n) is 7.43. The molecule has 2 saturated heterocycles. The summed E-state index contributed by atoms with van der Waals surface area (Å²) in [4.78, 5) is 1.96. The fourth-order valence-corrected chi connectivity index (χ4v) is 6.95. The van der Waals surface area contributed by atoms with Gasteiger partial charge in [0.2, 0.25) is 20.0 Å². The normalized spacial score (nSPS) is 20.3. The molecule has 0 bridgehead atoms. The lowest BCUT2D eigenvalue weighted by Crippen LogP contribution is -2.48. The molecule has 2 heterocycles. The Morgan fingerprint density at radius 2 is 1.50 bits per heavy atom. The minimum Gasteiger partial charge on any atom is -0.367 e. The first-order chi connectivity index (χ1) is 14.3. The Bertz CT molecular complexity index is 1110. The van der Waals surface area contributed by atoms with Crippen molar-refractivity contribution in [3.05, 3.63) is 54.3 Å². The van der Waals surface area contributed by atoms with Crippen LogP contribution in [0, 0.1) is 5.82 Å². The summed E-state index contributed by atoms with van der Waals surface area (Å²) in [5.74, 6) is -0.212. The molecule has 0 N–H and O–H groups in total. The number of hydrogen-bond donors (Lipinski definition) is 0. The van der Waals surface area contributed by atoms with Crippen LogP contribution in [0.25, 0.3) is 0 Å². The predicted octanol–water partition coefficient (Wildman–Crippen LogP) is 2.27. The fourth-order valence-electron chi connectivity index (χ4n) is 3.89. The topological polar surface area (TPSA) is 78.0 Å². The number of halogens is 1. The molecule has 2 aliphatic heterocycles. The Morgan fingerprint density at radius 1 is 0.833 bits per heavy atom. The number of para-hydroxylation sites is 1. The molecular formula is C20H24FN3O4S2. The SMILES string of the molecule is O=S1(=O)CCCCN1c1ccc(S(=O)(=O)N2CCN(c3ccccc3F)CC2)cc1. The summed E-state index contributed by atoms with van der Waals surface area (Å²) in [6.07, 6.45) is 1.43. The van der Waals surface area contributed by atoms with Crippen LogP contribution in [0.4, 0.5) is 15.8 Å². The van der Waals surface area contributed by atoms with Crippen molar-refractivity contribution >= 4 is 31.4 Å². The summed E-state index contributed by atoms with van der Waals surface area (Å²) in [6.45, 7) is 1.69. The third-order valence-electron chi connectivity index (χ3n) is 5.54. The van der Waals surface area contributed by atoms with Gasteiger partial charge >= 0.3 is 0 Å². The van der Waals surface area contributed by atoms with Crippen LogP contribution in [-0.2, 0) is 20.0 Å². The molecule has 0 aliphatic carbocycles. The molecule has 0 spiro atoms.